The Labute approximate surface area is 87.8 Å². The van der Waals surface area contributed by atoms with Crippen LogP contribution in [0.5, 0.6) is 0 Å². The summed E-state index contributed by atoms with van der Waals surface area (Å²) in [6.07, 6.45) is 4.12. The Morgan fingerprint density at radius 1 is 1.43 bits per heavy atom. The fourth-order valence-electron chi connectivity index (χ4n) is 2.25. The molecule has 2 unspecified atom stereocenters. The second-order valence-electron chi connectivity index (χ2n) is 3.92. The monoisotopic (exact) mass is 224 g/mol. The molecule has 0 aromatic rings. The minimum absolute atomic E-state index is 0.0980. The molecule has 1 saturated carbocycles. The summed E-state index contributed by atoms with van der Waals surface area (Å²) >= 11 is 4.76. The van der Waals surface area contributed by atoms with Crippen LogP contribution in [0.15, 0.2) is 0 Å². The summed E-state index contributed by atoms with van der Waals surface area (Å²) in [5, 5.41) is -3.67. The van der Waals surface area contributed by atoms with Crippen molar-refractivity contribution in [3.05, 3.63) is 0 Å². The molecule has 0 N–H and O–H groups in total. The van der Waals surface area contributed by atoms with Crippen molar-refractivity contribution in [2.75, 3.05) is 0 Å². The summed E-state index contributed by atoms with van der Waals surface area (Å²) in [6.45, 7) is 1.93. The van der Waals surface area contributed by atoms with Gasteiger partial charge in [0.25, 0.3) is 0 Å². The molecule has 1 nitrogen and oxygen atoms in total. The topological polar surface area (TPSA) is 17.1 Å². The maximum Gasteiger partial charge on any atom is 0.380 e. The van der Waals surface area contributed by atoms with E-state index in [1.807, 2.05) is 6.92 Å². The smallest absolute Gasteiger partial charge is 0.291 e. The standard InChI is InChI=1S/C10H15ClF2O/c1-2-7-5-3-4-6-8(7)9(14)10(11,12)13/h7-8H,2-6H2,1H3. The van der Waals surface area contributed by atoms with Crippen LogP contribution in [0.25, 0.3) is 0 Å². The number of hydrogen-bond acceptors (Lipinski definition) is 1. The number of Topliss-reactive ketones (excluding diaryl/α,β-unsaturated/α-hetero) is 1. The van der Waals surface area contributed by atoms with E-state index in [1.54, 1.807) is 0 Å². The van der Waals surface area contributed by atoms with Crippen LogP contribution in [0, 0.1) is 11.8 Å². The second-order valence-corrected chi connectivity index (χ2v) is 4.40. The quantitative estimate of drug-likeness (QED) is 0.670. The van der Waals surface area contributed by atoms with Crippen molar-refractivity contribution >= 4 is 17.4 Å². The first-order valence-corrected chi connectivity index (χ1v) is 5.45. The minimum Gasteiger partial charge on any atom is -0.291 e. The van der Waals surface area contributed by atoms with Gasteiger partial charge in [-0.25, -0.2) is 0 Å². The van der Waals surface area contributed by atoms with Gasteiger partial charge in [-0.3, -0.25) is 4.79 Å². The minimum atomic E-state index is -3.67. The van der Waals surface area contributed by atoms with Crippen LogP contribution in [0.1, 0.15) is 39.0 Å². The molecule has 82 valence electrons. The van der Waals surface area contributed by atoms with E-state index in [9.17, 15) is 13.6 Å². The first kappa shape index (κ1) is 11.9. The van der Waals surface area contributed by atoms with E-state index in [-0.39, 0.29) is 5.92 Å². The molecular formula is C10H15ClF2O. The summed E-state index contributed by atoms with van der Waals surface area (Å²) in [6, 6.07) is 0. The van der Waals surface area contributed by atoms with Crippen molar-refractivity contribution in [1.82, 2.24) is 0 Å². The van der Waals surface area contributed by atoms with Crippen molar-refractivity contribution in [3.8, 4) is 0 Å². The zero-order chi connectivity index (χ0) is 10.8. The fraction of sp³-hybridized carbons (Fsp3) is 0.900. The highest BCUT2D eigenvalue weighted by Crippen LogP contribution is 2.37. The van der Waals surface area contributed by atoms with Gasteiger partial charge in [-0.1, -0.05) is 26.2 Å². The van der Waals surface area contributed by atoms with Crippen molar-refractivity contribution in [2.45, 2.75) is 44.4 Å². The summed E-state index contributed by atoms with van der Waals surface area (Å²) in [5.41, 5.74) is 0. The molecule has 0 saturated heterocycles. The average molecular weight is 225 g/mol. The molecule has 2 atom stereocenters. The molecule has 1 aliphatic rings. The lowest BCUT2D eigenvalue weighted by Crippen LogP contribution is -2.35. The Kier molecular flexibility index (Phi) is 3.87. The van der Waals surface area contributed by atoms with Crippen molar-refractivity contribution in [1.29, 1.82) is 0 Å². The van der Waals surface area contributed by atoms with Gasteiger partial charge >= 0.3 is 5.38 Å². The van der Waals surface area contributed by atoms with Crippen molar-refractivity contribution in [2.24, 2.45) is 11.8 Å². The zero-order valence-electron chi connectivity index (χ0n) is 8.23. The van der Waals surface area contributed by atoms with Gasteiger partial charge in [0.05, 0.1) is 0 Å². The first-order chi connectivity index (χ1) is 6.46. The van der Waals surface area contributed by atoms with E-state index in [2.05, 4.69) is 0 Å². The van der Waals surface area contributed by atoms with E-state index >= 15 is 0 Å². The Balaban J connectivity index is 2.69. The third kappa shape index (κ3) is 2.66. The maximum absolute atomic E-state index is 12.6. The molecule has 0 amide bonds. The van der Waals surface area contributed by atoms with Crippen LogP contribution in [-0.2, 0) is 4.79 Å². The van der Waals surface area contributed by atoms with Gasteiger partial charge in [-0.15, -0.1) is 0 Å². The first-order valence-electron chi connectivity index (χ1n) is 5.07. The van der Waals surface area contributed by atoms with Gasteiger partial charge < -0.3 is 0 Å². The highest BCUT2D eigenvalue weighted by molar-refractivity contribution is 6.32. The van der Waals surface area contributed by atoms with Crippen LogP contribution in [0.3, 0.4) is 0 Å². The lowest BCUT2D eigenvalue weighted by Gasteiger charge is -2.30. The average Bonchev–Trinajstić information content (AvgIpc) is 2.15. The highest BCUT2D eigenvalue weighted by Gasteiger charge is 2.43. The van der Waals surface area contributed by atoms with Crippen molar-refractivity contribution < 1.29 is 13.6 Å². The molecule has 1 fully saturated rings. The third-order valence-electron chi connectivity index (χ3n) is 3.05. The largest absolute Gasteiger partial charge is 0.380 e. The van der Waals surface area contributed by atoms with Gasteiger partial charge in [0.15, 0.2) is 0 Å². The van der Waals surface area contributed by atoms with Crippen LogP contribution >= 0.6 is 11.6 Å². The number of halogens is 3. The lowest BCUT2D eigenvalue weighted by atomic mass is 9.75. The molecule has 0 aliphatic heterocycles. The fourth-order valence-corrected chi connectivity index (χ4v) is 2.39. The summed E-state index contributed by atoms with van der Waals surface area (Å²) in [4.78, 5) is 11.3. The summed E-state index contributed by atoms with van der Waals surface area (Å²) < 4.78 is 25.3. The molecular weight excluding hydrogens is 210 g/mol. The number of carbonyl (C=O) groups is 1. The molecule has 0 radical (unpaired) electrons. The third-order valence-corrected chi connectivity index (χ3v) is 3.24. The number of alkyl halides is 3. The molecule has 1 rings (SSSR count). The molecule has 0 bridgehead atoms. The van der Waals surface area contributed by atoms with Crippen LogP contribution in [0.2, 0.25) is 0 Å². The lowest BCUT2D eigenvalue weighted by molar-refractivity contribution is -0.140. The van der Waals surface area contributed by atoms with Gasteiger partial charge in [0.1, 0.15) is 0 Å². The number of rotatable bonds is 3. The molecule has 4 heteroatoms. The summed E-state index contributed by atoms with van der Waals surface area (Å²) in [5.74, 6) is -1.51. The highest BCUT2D eigenvalue weighted by atomic mass is 35.5. The van der Waals surface area contributed by atoms with Crippen molar-refractivity contribution in [3.63, 3.8) is 0 Å². The van der Waals surface area contributed by atoms with E-state index < -0.39 is 17.1 Å². The molecule has 0 aromatic heterocycles. The predicted octanol–water partition coefficient (Wildman–Crippen LogP) is 3.60. The van der Waals surface area contributed by atoms with E-state index in [0.717, 1.165) is 25.7 Å². The van der Waals surface area contributed by atoms with Gasteiger partial charge in [0, 0.05) is 5.92 Å². The Morgan fingerprint density at radius 2 is 2.00 bits per heavy atom. The molecule has 14 heavy (non-hydrogen) atoms. The van der Waals surface area contributed by atoms with Crippen LogP contribution in [0.4, 0.5) is 8.78 Å². The number of ketones is 1. The summed E-state index contributed by atoms with van der Waals surface area (Å²) in [7, 11) is 0. The Morgan fingerprint density at radius 3 is 2.50 bits per heavy atom. The predicted molar refractivity (Wildman–Crippen MR) is 51.5 cm³/mol. The number of hydrogen-bond donors (Lipinski definition) is 0. The molecule has 0 aromatic carbocycles. The van der Waals surface area contributed by atoms with E-state index in [0.29, 0.717) is 6.42 Å². The Bertz CT molecular complexity index is 213. The van der Waals surface area contributed by atoms with E-state index in [4.69, 9.17) is 11.6 Å². The zero-order valence-corrected chi connectivity index (χ0v) is 8.99. The van der Waals surface area contributed by atoms with Gasteiger partial charge in [-0.2, -0.15) is 8.78 Å². The maximum atomic E-state index is 12.6. The van der Waals surface area contributed by atoms with Crippen LogP contribution in [-0.4, -0.2) is 11.2 Å². The molecule has 0 spiro atoms. The number of carbonyl (C=O) groups excluding carboxylic acids is 1. The molecule has 0 heterocycles. The van der Waals surface area contributed by atoms with Gasteiger partial charge in [-0.05, 0) is 30.4 Å². The van der Waals surface area contributed by atoms with Gasteiger partial charge in [0.2, 0.25) is 5.78 Å². The van der Waals surface area contributed by atoms with Crippen LogP contribution < -0.4 is 0 Å². The second kappa shape index (κ2) is 4.56. The Hall–Kier alpha value is -0.180. The van der Waals surface area contributed by atoms with E-state index in [1.165, 1.54) is 0 Å². The molecule has 1 aliphatic carbocycles. The normalized spacial score (nSPS) is 28.9. The SMILES string of the molecule is CCC1CCCCC1C(=O)C(F)(F)Cl.